The molecule has 13 nitrogen and oxygen atoms in total. The number of carbonyl (C=O) groups excluding carboxylic acids is 3. The van der Waals surface area contributed by atoms with Crippen LogP contribution in [0.25, 0.3) is 5.57 Å². The Hall–Kier alpha value is -7.42. The van der Waals surface area contributed by atoms with E-state index in [-0.39, 0.29) is 40.8 Å². The van der Waals surface area contributed by atoms with Gasteiger partial charge in [-0.15, -0.1) is 0 Å². The van der Waals surface area contributed by atoms with Crippen molar-refractivity contribution in [1.82, 2.24) is 29.7 Å². The summed E-state index contributed by atoms with van der Waals surface area (Å²) in [5.41, 5.74) is 2.03. The van der Waals surface area contributed by atoms with Gasteiger partial charge in [0.05, 0.1) is 12.2 Å². The number of piperazine rings is 2. The molecule has 2 amide bonds. The van der Waals surface area contributed by atoms with Crippen LogP contribution in [0.5, 0.6) is 0 Å². The van der Waals surface area contributed by atoms with Gasteiger partial charge in [0.1, 0.15) is 46.0 Å². The summed E-state index contributed by atoms with van der Waals surface area (Å²) in [6.45, 7) is 22.1. The minimum atomic E-state index is -1.53. The Bertz CT molecular complexity index is 2770. The highest BCUT2D eigenvalue weighted by Gasteiger charge is 2.39. The van der Waals surface area contributed by atoms with Gasteiger partial charge in [0.25, 0.3) is 0 Å². The molecule has 2 saturated heterocycles. The van der Waals surface area contributed by atoms with Gasteiger partial charge in [0.15, 0.2) is 5.78 Å². The summed E-state index contributed by atoms with van der Waals surface area (Å²) in [6.07, 6.45) is 5.75. The first-order valence-corrected chi connectivity index (χ1v) is 27.4. The van der Waals surface area contributed by atoms with Crippen LogP contribution in [0.15, 0.2) is 171 Å². The maximum Gasteiger partial charge on any atom is 0.410 e. The van der Waals surface area contributed by atoms with Crippen molar-refractivity contribution in [3.05, 3.63) is 205 Å². The van der Waals surface area contributed by atoms with Gasteiger partial charge in [-0.2, -0.15) is 0 Å². The van der Waals surface area contributed by atoms with Crippen LogP contribution >= 0.6 is 7.26 Å². The van der Waals surface area contributed by atoms with Crippen LogP contribution in [0, 0.1) is 11.6 Å². The summed E-state index contributed by atoms with van der Waals surface area (Å²) in [7, 11) is -1.53. The number of amides is 2. The third-order valence-electron chi connectivity index (χ3n) is 12.4. The fourth-order valence-corrected chi connectivity index (χ4v) is 11.5. The first-order valence-electron chi connectivity index (χ1n) is 25.2. The number of aromatic nitrogens is 4. The van der Waals surface area contributed by atoms with Crippen molar-refractivity contribution in [2.45, 2.75) is 52.7 Å². The molecule has 0 saturated carbocycles. The number of carbonyl (C=O) groups is 3. The zero-order valence-electron chi connectivity index (χ0n) is 44.7. The normalized spacial score (nSPS) is 13.6. The van der Waals surface area contributed by atoms with E-state index < -0.39 is 24.3 Å². The van der Waals surface area contributed by atoms with Crippen LogP contribution in [0.2, 0.25) is 0 Å². The van der Waals surface area contributed by atoms with Crippen molar-refractivity contribution in [3.63, 3.8) is 0 Å². The highest BCUT2D eigenvalue weighted by molar-refractivity contribution is 7.95. The van der Waals surface area contributed by atoms with Crippen molar-refractivity contribution in [2.24, 2.45) is 0 Å². The molecule has 0 N–H and O–H groups in total. The van der Waals surface area contributed by atoms with Gasteiger partial charge in [-0.05, 0) is 125 Å². The predicted octanol–water partition coefficient (Wildman–Crippen LogP) is 7.25. The largest absolute Gasteiger partial charge is 1.00 e. The quantitative estimate of drug-likeness (QED) is 0.107. The molecule has 0 bridgehead atoms. The zero-order chi connectivity index (χ0) is 54.5. The molecule has 0 atom stereocenters. The van der Waals surface area contributed by atoms with Gasteiger partial charge in [-0.1, -0.05) is 73.3 Å². The molecule has 2 fully saturated rings. The lowest BCUT2D eigenvalue weighted by Crippen LogP contribution is -3.00. The number of rotatable bonds is 9. The Labute approximate surface area is 462 Å². The molecule has 0 unspecified atom stereocenters. The van der Waals surface area contributed by atoms with E-state index in [2.05, 4.69) is 124 Å². The Morgan fingerprint density at radius 2 is 0.779 bits per heavy atom. The fraction of sp³-hybridized carbons (Fsp3) is 0.283. The molecule has 0 spiro atoms. The third-order valence-corrected chi connectivity index (χ3v) is 16.4. The summed E-state index contributed by atoms with van der Waals surface area (Å²) in [6, 6.07) is 44.2. The summed E-state index contributed by atoms with van der Waals surface area (Å²) < 4.78 is 36.9. The van der Waals surface area contributed by atoms with E-state index in [1.54, 1.807) is 34.3 Å². The molecule has 77 heavy (non-hydrogen) atoms. The number of ketones is 1. The maximum absolute atomic E-state index is 13.1. The molecule has 2 aromatic heterocycles. The Morgan fingerprint density at radius 1 is 0.468 bits per heavy atom. The average molecular weight is 1130 g/mol. The Balaban J connectivity index is 0.000000189. The minimum Gasteiger partial charge on any atom is -1.00 e. The standard InChI is InChI=1S/C21H25FN4O2.C20H23FN4O3.C19H18P.BrH/c1-15(16-5-7-18(22)8-6-16)17-13-23-19(24-14-17)25-9-11-26(12-10-25)20(27)28-21(2,3)4;1-20(2,3)28-19(27)25-10-8-24(9-11-25)18-22-12-15(13-23-18)17(26)14-4-6-16(21)7-5-14;1-20(17-11-5-2-6-12-17,18-13-7-3-8-14-18)19-15-9-4-10-16-19;/h5-8,13-14H,1,9-12H2,2-4H3;4-7,12-13H,8-11H2,1-3H3;2-16H,1H3;1H/q;;+1;/p-1. The summed E-state index contributed by atoms with van der Waals surface area (Å²) in [4.78, 5) is 61.5. The molecular formula is C60H66BrF2N8O5P. The highest BCUT2D eigenvalue weighted by Crippen LogP contribution is 2.51. The summed E-state index contributed by atoms with van der Waals surface area (Å²) in [5.74, 6) is 0.169. The maximum atomic E-state index is 13.1. The smallest absolute Gasteiger partial charge is 0.410 e. The first-order chi connectivity index (χ1) is 36.3. The van der Waals surface area contributed by atoms with Gasteiger partial charge < -0.3 is 46.1 Å². The number of halogens is 3. The van der Waals surface area contributed by atoms with Crippen LogP contribution in [0.3, 0.4) is 0 Å². The molecular weight excluding hydrogens is 1060 g/mol. The number of hydrogen-bond donors (Lipinski definition) is 0. The first kappa shape index (κ1) is 58.8. The summed E-state index contributed by atoms with van der Waals surface area (Å²) >= 11 is 0. The lowest BCUT2D eigenvalue weighted by atomic mass is 10.0. The van der Waals surface area contributed by atoms with Crippen LogP contribution < -0.4 is 42.7 Å². The lowest BCUT2D eigenvalue weighted by molar-refractivity contribution is -0.000104. The molecule has 7 aromatic rings. The fourth-order valence-electron chi connectivity index (χ4n) is 8.28. The SMILES string of the molecule is C=C(c1ccc(F)cc1)c1cnc(N2CCN(C(=O)OC(C)(C)C)CC2)nc1.CC(C)(C)OC(=O)N1CCN(c2ncc(C(=O)c3ccc(F)cc3)cn2)CC1.C[P+](c1ccccc1)(c1ccccc1)c1ccccc1.[Br-]. The van der Waals surface area contributed by atoms with E-state index in [0.29, 0.717) is 75.4 Å². The van der Waals surface area contributed by atoms with E-state index in [1.807, 2.05) is 51.3 Å². The monoisotopic (exact) mass is 1130 g/mol. The second kappa shape index (κ2) is 26.6. The van der Waals surface area contributed by atoms with Gasteiger partial charge >= 0.3 is 12.2 Å². The number of hydrogen-bond acceptors (Lipinski definition) is 11. The average Bonchev–Trinajstić information content (AvgIpc) is 3.43. The number of anilines is 2. The molecule has 0 aliphatic carbocycles. The van der Waals surface area contributed by atoms with Crippen LogP contribution in [-0.4, -0.2) is 118 Å². The number of benzene rings is 5. The minimum absolute atomic E-state index is 0. The van der Waals surface area contributed by atoms with Crippen molar-refractivity contribution in [3.8, 4) is 0 Å². The second-order valence-electron chi connectivity index (χ2n) is 20.3. The highest BCUT2D eigenvalue weighted by atomic mass is 79.9. The molecule has 0 radical (unpaired) electrons. The van der Waals surface area contributed by atoms with Crippen molar-refractivity contribution >= 4 is 58.6 Å². The molecule has 402 valence electrons. The Kier molecular flexibility index (Phi) is 20.3. The van der Waals surface area contributed by atoms with Crippen LogP contribution in [-0.2, 0) is 9.47 Å². The number of ether oxygens (including phenoxy) is 2. The van der Waals surface area contributed by atoms with Crippen molar-refractivity contribution in [1.29, 1.82) is 0 Å². The van der Waals surface area contributed by atoms with E-state index in [9.17, 15) is 23.2 Å². The lowest BCUT2D eigenvalue weighted by Gasteiger charge is -2.35. The predicted molar refractivity (Wildman–Crippen MR) is 300 cm³/mol. The Morgan fingerprint density at radius 3 is 1.10 bits per heavy atom. The van der Waals surface area contributed by atoms with Gasteiger partial charge in [-0.25, -0.2) is 38.3 Å². The van der Waals surface area contributed by atoms with Crippen molar-refractivity contribution < 1.29 is 49.6 Å². The topological polar surface area (TPSA) is 134 Å². The van der Waals surface area contributed by atoms with Gasteiger partial charge in [0.2, 0.25) is 11.9 Å². The van der Waals surface area contributed by atoms with Crippen molar-refractivity contribution in [2.75, 3.05) is 68.8 Å². The molecule has 17 heteroatoms. The molecule has 4 heterocycles. The number of nitrogens with zero attached hydrogens (tertiary/aromatic N) is 8. The second-order valence-corrected chi connectivity index (χ2v) is 23.8. The molecule has 2 aliphatic heterocycles. The van der Waals surface area contributed by atoms with E-state index >= 15 is 0 Å². The van der Waals surface area contributed by atoms with Gasteiger partial charge in [-0.3, -0.25) is 4.79 Å². The summed E-state index contributed by atoms with van der Waals surface area (Å²) in [5, 5.41) is 4.28. The van der Waals surface area contributed by atoms with E-state index in [1.165, 1.54) is 64.7 Å². The third kappa shape index (κ3) is 16.3. The van der Waals surface area contributed by atoms with Crippen LogP contribution in [0.1, 0.15) is 68.6 Å². The van der Waals surface area contributed by atoms with E-state index in [0.717, 1.165) is 16.7 Å². The van der Waals surface area contributed by atoms with E-state index in [4.69, 9.17) is 9.47 Å². The van der Waals surface area contributed by atoms with Crippen LogP contribution in [0.4, 0.5) is 30.3 Å². The zero-order valence-corrected chi connectivity index (χ0v) is 47.1. The van der Waals surface area contributed by atoms with Gasteiger partial charge in [0, 0.05) is 88.3 Å². The molecule has 9 rings (SSSR count). The molecule has 2 aliphatic rings. The molecule has 5 aromatic carbocycles.